The van der Waals surface area contributed by atoms with E-state index in [1.165, 1.54) is 28.9 Å². The van der Waals surface area contributed by atoms with Crippen molar-refractivity contribution in [2.24, 2.45) is 0 Å². The molecular weight excluding hydrogens is 520 g/mol. The SMILES string of the molecule is CN1C(=O)c2c(OCc3ccccc3)c(=O)ccn2N(C(c2ccccc2)c2cc(F)c(F)cc2O)C1CCO. The minimum absolute atomic E-state index is 0.0205. The molecule has 2 atom stereocenters. The van der Waals surface area contributed by atoms with Gasteiger partial charge in [0.25, 0.3) is 5.91 Å². The van der Waals surface area contributed by atoms with E-state index in [1.54, 1.807) is 35.3 Å². The molecule has 0 fully saturated rings. The zero-order valence-corrected chi connectivity index (χ0v) is 21.6. The number of aliphatic hydroxyl groups excluding tert-OH is 1. The Morgan fingerprint density at radius 2 is 1.60 bits per heavy atom. The van der Waals surface area contributed by atoms with Crippen LogP contribution >= 0.6 is 0 Å². The van der Waals surface area contributed by atoms with Gasteiger partial charge in [0.15, 0.2) is 23.1 Å². The van der Waals surface area contributed by atoms with Crippen LogP contribution in [0.2, 0.25) is 0 Å². The number of benzene rings is 3. The molecule has 4 aromatic rings. The van der Waals surface area contributed by atoms with Crippen LogP contribution in [-0.4, -0.2) is 45.5 Å². The van der Waals surface area contributed by atoms with Gasteiger partial charge >= 0.3 is 0 Å². The second-order valence-corrected chi connectivity index (χ2v) is 9.40. The van der Waals surface area contributed by atoms with Gasteiger partial charge in [-0.2, -0.15) is 0 Å². The van der Waals surface area contributed by atoms with Crippen LogP contribution in [0, 0.1) is 11.6 Å². The largest absolute Gasteiger partial charge is 0.507 e. The van der Waals surface area contributed by atoms with E-state index in [1.807, 2.05) is 30.3 Å². The Morgan fingerprint density at radius 3 is 2.27 bits per heavy atom. The molecule has 0 aliphatic carbocycles. The summed E-state index contributed by atoms with van der Waals surface area (Å²) in [6.45, 7) is -0.285. The Kier molecular flexibility index (Phi) is 7.52. The number of halogens is 2. The Hall–Kier alpha value is -4.70. The predicted octanol–water partition coefficient (Wildman–Crippen LogP) is 3.93. The first-order valence-corrected chi connectivity index (χ1v) is 12.6. The molecule has 1 aromatic heterocycles. The van der Waals surface area contributed by atoms with Crippen molar-refractivity contribution in [3.63, 3.8) is 0 Å². The average molecular weight is 548 g/mol. The summed E-state index contributed by atoms with van der Waals surface area (Å²) < 4.78 is 36.0. The van der Waals surface area contributed by atoms with Crippen molar-refractivity contribution in [3.05, 3.63) is 129 Å². The Balaban J connectivity index is 1.74. The van der Waals surface area contributed by atoms with Crippen LogP contribution in [0.5, 0.6) is 11.5 Å². The highest BCUT2D eigenvalue weighted by molar-refractivity contribution is 5.96. The molecule has 0 bridgehead atoms. The molecule has 206 valence electrons. The topological polar surface area (TPSA) is 95.2 Å². The molecule has 0 saturated carbocycles. The number of ether oxygens (including phenoxy) is 1. The molecule has 2 N–H and O–H groups in total. The van der Waals surface area contributed by atoms with E-state index >= 15 is 0 Å². The number of nitrogens with zero attached hydrogens (tertiary/aromatic N) is 3. The van der Waals surface area contributed by atoms with Gasteiger partial charge in [-0.3, -0.25) is 19.3 Å². The molecule has 3 aromatic carbocycles. The molecule has 5 rings (SSSR count). The van der Waals surface area contributed by atoms with Gasteiger partial charge in [0.2, 0.25) is 5.43 Å². The lowest BCUT2D eigenvalue weighted by Gasteiger charge is -2.49. The molecule has 1 amide bonds. The third-order valence-corrected chi connectivity index (χ3v) is 6.92. The van der Waals surface area contributed by atoms with E-state index in [4.69, 9.17) is 4.74 Å². The van der Waals surface area contributed by atoms with Gasteiger partial charge in [-0.15, -0.1) is 0 Å². The maximum atomic E-state index is 14.6. The van der Waals surface area contributed by atoms with Gasteiger partial charge in [-0.25, -0.2) is 8.78 Å². The predicted molar refractivity (Wildman–Crippen MR) is 144 cm³/mol. The number of fused-ring (bicyclic) bond motifs is 1. The van der Waals surface area contributed by atoms with E-state index in [2.05, 4.69) is 0 Å². The number of phenolic OH excluding ortho intramolecular Hbond substituents is 1. The summed E-state index contributed by atoms with van der Waals surface area (Å²) in [6, 6.07) is 19.8. The van der Waals surface area contributed by atoms with Crippen molar-refractivity contribution in [3.8, 4) is 11.5 Å². The molecule has 8 nitrogen and oxygen atoms in total. The van der Waals surface area contributed by atoms with Gasteiger partial charge in [0, 0.05) is 44.0 Å². The van der Waals surface area contributed by atoms with Crippen LogP contribution in [0.4, 0.5) is 8.78 Å². The van der Waals surface area contributed by atoms with Gasteiger partial charge in [0.05, 0.1) is 0 Å². The summed E-state index contributed by atoms with van der Waals surface area (Å²) in [6.07, 6.45) is 0.656. The normalized spacial score (nSPS) is 15.6. The number of carbonyl (C=O) groups excluding carboxylic acids is 1. The molecule has 1 aliphatic heterocycles. The second-order valence-electron chi connectivity index (χ2n) is 9.40. The van der Waals surface area contributed by atoms with E-state index < -0.39 is 40.9 Å². The van der Waals surface area contributed by atoms with E-state index in [-0.39, 0.29) is 36.6 Å². The molecule has 40 heavy (non-hydrogen) atoms. The molecule has 10 heteroatoms. The molecule has 0 saturated heterocycles. The van der Waals surface area contributed by atoms with Gasteiger partial charge in [-0.1, -0.05) is 60.7 Å². The Morgan fingerprint density at radius 1 is 0.950 bits per heavy atom. The van der Waals surface area contributed by atoms with Crippen LogP contribution < -0.4 is 15.2 Å². The fraction of sp³-hybridized carbons (Fsp3) is 0.200. The van der Waals surface area contributed by atoms with Crippen LogP contribution in [0.15, 0.2) is 89.9 Å². The van der Waals surface area contributed by atoms with Crippen molar-refractivity contribution in [2.45, 2.75) is 25.2 Å². The zero-order valence-electron chi connectivity index (χ0n) is 21.6. The van der Waals surface area contributed by atoms with Crippen LogP contribution in [-0.2, 0) is 6.61 Å². The highest BCUT2D eigenvalue weighted by Crippen LogP contribution is 2.39. The van der Waals surface area contributed by atoms with E-state index in [0.29, 0.717) is 11.6 Å². The highest BCUT2D eigenvalue weighted by atomic mass is 19.2. The van der Waals surface area contributed by atoms with E-state index in [0.717, 1.165) is 11.6 Å². The summed E-state index contributed by atoms with van der Waals surface area (Å²) in [4.78, 5) is 28.1. The molecule has 1 aliphatic rings. The zero-order chi connectivity index (χ0) is 28.4. The molecule has 0 radical (unpaired) electrons. The molecule has 2 heterocycles. The quantitative estimate of drug-likeness (QED) is 0.347. The summed E-state index contributed by atoms with van der Waals surface area (Å²) in [7, 11) is 1.52. The first-order valence-electron chi connectivity index (χ1n) is 12.6. The number of aliphatic hydroxyl groups is 1. The van der Waals surface area contributed by atoms with Gasteiger partial charge < -0.3 is 19.8 Å². The average Bonchev–Trinajstić information content (AvgIpc) is 2.96. The lowest BCUT2D eigenvalue weighted by atomic mass is 9.95. The number of pyridine rings is 1. The number of rotatable bonds is 8. The number of phenols is 1. The fourth-order valence-corrected chi connectivity index (χ4v) is 5.01. The number of aromatic hydroxyl groups is 1. The van der Waals surface area contributed by atoms with Crippen LogP contribution in [0.25, 0.3) is 0 Å². The first kappa shape index (κ1) is 26.9. The molecular formula is C30H27F2N3O5. The fourth-order valence-electron chi connectivity index (χ4n) is 5.01. The third kappa shape index (κ3) is 4.89. The number of amides is 1. The summed E-state index contributed by atoms with van der Waals surface area (Å²) in [5.41, 5.74) is 0.780. The number of hydrogen-bond acceptors (Lipinski definition) is 6. The standard InChI is InChI=1S/C30H27F2N3O5/c1-33-26(13-15-36)35(27(20-10-6-3-7-11-20)21-16-22(31)23(32)17-25(21)38)34-14-12-24(37)29(28(34)30(33)39)40-18-19-8-4-2-5-9-19/h2-12,14,16-17,26-27,36,38H,13,15,18H2,1H3. The second kappa shape index (κ2) is 11.2. The first-order chi connectivity index (χ1) is 19.3. The maximum absolute atomic E-state index is 14.6. The Labute approximate surface area is 228 Å². The monoisotopic (exact) mass is 547 g/mol. The summed E-state index contributed by atoms with van der Waals surface area (Å²) in [5, 5.41) is 22.4. The third-order valence-electron chi connectivity index (χ3n) is 6.92. The smallest absolute Gasteiger partial charge is 0.277 e. The van der Waals surface area contributed by atoms with Crippen molar-refractivity contribution in [1.29, 1.82) is 0 Å². The van der Waals surface area contributed by atoms with Crippen molar-refractivity contribution in [2.75, 3.05) is 18.7 Å². The van der Waals surface area contributed by atoms with Gasteiger partial charge in [-0.05, 0) is 17.2 Å². The van der Waals surface area contributed by atoms with Crippen molar-refractivity contribution in [1.82, 2.24) is 9.58 Å². The van der Waals surface area contributed by atoms with Crippen molar-refractivity contribution >= 4 is 5.91 Å². The minimum atomic E-state index is -1.22. The minimum Gasteiger partial charge on any atom is -0.507 e. The molecule has 2 unspecified atom stereocenters. The van der Waals surface area contributed by atoms with Crippen LogP contribution in [0.1, 0.15) is 39.6 Å². The molecule has 0 spiro atoms. The Bertz CT molecular complexity index is 1580. The van der Waals surface area contributed by atoms with Gasteiger partial charge in [0.1, 0.15) is 24.6 Å². The van der Waals surface area contributed by atoms with E-state index in [9.17, 15) is 28.6 Å². The number of carbonyl (C=O) groups is 1. The van der Waals surface area contributed by atoms with Crippen molar-refractivity contribution < 1.29 is 28.5 Å². The lowest BCUT2D eigenvalue weighted by molar-refractivity contribution is 0.0575. The number of hydrogen-bond donors (Lipinski definition) is 2. The van der Waals surface area contributed by atoms with Crippen LogP contribution in [0.3, 0.4) is 0 Å². The summed E-state index contributed by atoms with van der Waals surface area (Å²) in [5.74, 6) is -3.60. The lowest BCUT2D eigenvalue weighted by Crippen LogP contribution is -2.61. The maximum Gasteiger partial charge on any atom is 0.277 e. The number of aromatic nitrogens is 1. The summed E-state index contributed by atoms with van der Waals surface area (Å²) >= 11 is 0. The highest BCUT2D eigenvalue weighted by Gasteiger charge is 2.42.